The van der Waals surface area contributed by atoms with Crippen LogP contribution >= 0.6 is 0 Å². The molecule has 0 spiro atoms. The second-order valence-electron chi connectivity index (χ2n) is 7.62. The van der Waals surface area contributed by atoms with E-state index in [1.807, 2.05) is 30.0 Å². The van der Waals surface area contributed by atoms with E-state index in [4.69, 9.17) is 5.26 Å². The molecule has 0 radical (unpaired) electrons. The van der Waals surface area contributed by atoms with Crippen LogP contribution in [0.5, 0.6) is 0 Å². The number of aryl methyl sites for hydroxylation is 2. The Hall–Kier alpha value is -3.92. The van der Waals surface area contributed by atoms with Gasteiger partial charge < -0.3 is 15.1 Å². The molecular weight excluding hydrogens is 388 g/mol. The van der Waals surface area contributed by atoms with Gasteiger partial charge in [-0.25, -0.2) is 9.97 Å². The molecule has 2 heterocycles. The highest BCUT2D eigenvalue weighted by Crippen LogP contribution is 2.22. The van der Waals surface area contributed by atoms with Crippen molar-refractivity contribution in [3.05, 3.63) is 77.1 Å². The summed E-state index contributed by atoms with van der Waals surface area (Å²) in [6, 6.07) is 19.0. The second kappa shape index (κ2) is 8.84. The number of rotatable bonds is 4. The summed E-state index contributed by atoms with van der Waals surface area (Å²) in [6.07, 6.45) is 0. The van der Waals surface area contributed by atoms with Gasteiger partial charge in [0.15, 0.2) is 0 Å². The minimum Gasteiger partial charge on any atom is -0.353 e. The molecule has 156 valence electrons. The summed E-state index contributed by atoms with van der Waals surface area (Å²) in [5, 5.41) is 12.3. The number of carbonyl (C=O) groups is 1. The first-order valence-corrected chi connectivity index (χ1v) is 10.3. The molecule has 1 aliphatic rings. The molecule has 0 atom stereocenters. The van der Waals surface area contributed by atoms with Crippen LogP contribution in [0.25, 0.3) is 0 Å². The van der Waals surface area contributed by atoms with Crippen LogP contribution in [0.2, 0.25) is 0 Å². The third-order valence-corrected chi connectivity index (χ3v) is 5.30. The average Bonchev–Trinajstić information content (AvgIpc) is 2.80. The Morgan fingerprint density at radius 1 is 0.968 bits per heavy atom. The molecule has 0 bridgehead atoms. The van der Waals surface area contributed by atoms with Crippen molar-refractivity contribution in [2.75, 3.05) is 36.4 Å². The number of hydrogen-bond donors (Lipinski definition) is 1. The first-order valence-electron chi connectivity index (χ1n) is 10.3. The molecule has 2 aromatic carbocycles. The lowest BCUT2D eigenvalue weighted by atomic mass is 10.1. The van der Waals surface area contributed by atoms with Crippen molar-refractivity contribution in [1.29, 1.82) is 5.26 Å². The van der Waals surface area contributed by atoms with E-state index in [9.17, 15) is 4.79 Å². The maximum absolute atomic E-state index is 12.8. The van der Waals surface area contributed by atoms with Gasteiger partial charge in [-0.3, -0.25) is 4.79 Å². The predicted molar refractivity (Wildman–Crippen MR) is 121 cm³/mol. The summed E-state index contributed by atoms with van der Waals surface area (Å²) in [5.41, 5.74) is 3.34. The van der Waals surface area contributed by atoms with Crippen LogP contribution in [0.3, 0.4) is 0 Å². The zero-order valence-electron chi connectivity index (χ0n) is 17.7. The number of nitrogens with zero attached hydrogens (tertiary/aromatic N) is 5. The fourth-order valence-corrected chi connectivity index (χ4v) is 3.57. The SMILES string of the molecule is Cc1ccc(Nc2cc(N3CCN(C(=O)c4ccc(C#N)cc4)CC3)nc(C)n2)cc1. The minimum atomic E-state index is -0.00950. The second-order valence-corrected chi connectivity index (χ2v) is 7.62. The molecule has 1 aromatic heterocycles. The van der Waals surface area contributed by atoms with Crippen LogP contribution in [0.4, 0.5) is 17.3 Å². The topological polar surface area (TPSA) is 85.1 Å². The number of nitriles is 1. The molecule has 4 rings (SSSR count). The highest BCUT2D eigenvalue weighted by atomic mass is 16.2. The van der Waals surface area contributed by atoms with E-state index in [0.717, 1.165) is 17.3 Å². The third kappa shape index (κ3) is 4.81. The molecule has 1 amide bonds. The van der Waals surface area contributed by atoms with E-state index >= 15 is 0 Å². The molecule has 0 unspecified atom stereocenters. The van der Waals surface area contributed by atoms with Gasteiger partial charge in [0.25, 0.3) is 5.91 Å². The van der Waals surface area contributed by atoms with Crippen molar-refractivity contribution >= 4 is 23.2 Å². The largest absolute Gasteiger partial charge is 0.353 e. The highest BCUT2D eigenvalue weighted by Gasteiger charge is 2.23. The van der Waals surface area contributed by atoms with Crippen LogP contribution in [-0.4, -0.2) is 47.0 Å². The zero-order chi connectivity index (χ0) is 21.8. The predicted octanol–water partition coefficient (Wildman–Crippen LogP) is 3.67. The van der Waals surface area contributed by atoms with E-state index in [1.54, 1.807) is 24.3 Å². The van der Waals surface area contributed by atoms with Crippen LogP contribution in [-0.2, 0) is 0 Å². The Kier molecular flexibility index (Phi) is 5.80. The maximum Gasteiger partial charge on any atom is 0.253 e. The Balaban J connectivity index is 1.42. The van der Waals surface area contributed by atoms with Crippen LogP contribution in [0, 0.1) is 25.2 Å². The molecule has 7 heteroatoms. The van der Waals surface area contributed by atoms with Crippen LogP contribution in [0.15, 0.2) is 54.6 Å². The summed E-state index contributed by atoms with van der Waals surface area (Å²) in [4.78, 5) is 25.9. The molecular formula is C24H24N6O. The monoisotopic (exact) mass is 412 g/mol. The average molecular weight is 412 g/mol. The van der Waals surface area contributed by atoms with E-state index in [-0.39, 0.29) is 5.91 Å². The first-order chi connectivity index (χ1) is 15.0. The molecule has 1 saturated heterocycles. The maximum atomic E-state index is 12.8. The number of benzene rings is 2. The van der Waals surface area contributed by atoms with Gasteiger partial charge in [0.2, 0.25) is 0 Å². The summed E-state index contributed by atoms with van der Waals surface area (Å²) in [6.45, 7) is 6.56. The van der Waals surface area contributed by atoms with E-state index in [2.05, 4.69) is 45.3 Å². The number of aromatic nitrogens is 2. The summed E-state index contributed by atoms with van der Waals surface area (Å²) in [7, 11) is 0. The molecule has 7 nitrogen and oxygen atoms in total. The number of piperazine rings is 1. The van der Waals surface area contributed by atoms with Gasteiger partial charge in [-0.2, -0.15) is 5.26 Å². The molecule has 1 aliphatic heterocycles. The molecule has 0 saturated carbocycles. The van der Waals surface area contributed by atoms with E-state index < -0.39 is 0 Å². The summed E-state index contributed by atoms with van der Waals surface area (Å²) in [5.74, 6) is 2.29. The van der Waals surface area contributed by atoms with Gasteiger partial charge in [-0.1, -0.05) is 17.7 Å². The van der Waals surface area contributed by atoms with Crippen molar-refractivity contribution in [3.8, 4) is 6.07 Å². The van der Waals surface area contributed by atoms with Gasteiger partial charge >= 0.3 is 0 Å². The quantitative estimate of drug-likeness (QED) is 0.704. The number of anilines is 3. The molecule has 1 fully saturated rings. The van der Waals surface area contributed by atoms with Gasteiger partial charge in [0.1, 0.15) is 17.5 Å². The number of nitrogens with one attached hydrogen (secondary N) is 1. The zero-order valence-corrected chi connectivity index (χ0v) is 17.7. The highest BCUT2D eigenvalue weighted by molar-refractivity contribution is 5.94. The minimum absolute atomic E-state index is 0.00950. The Bertz CT molecular complexity index is 1110. The normalized spacial score (nSPS) is 13.6. The smallest absolute Gasteiger partial charge is 0.253 e. The number of amides is 1. The van der Waals surface area contributed by atoms with E-state index in [0.29, 0.717) is 43.1 Å². The Morgan fingerprint density at radius 2 is 1.65 bits per heavy atom. The van der Waals surface area contributed by atoms with Crippen molar-refractivity contribution < 1.29 is 4.79 Å². The lowest BCUT2D eigenvalue weighted by molar-refractivity contribution is 0.0746. The number of hydrogen-bond acceptors (Lipinski definition) is 6. The van der Waals surface area contributed by atoms with Crippen LogP contribution in [0.1, 0.15) is 27.3 Å². The molecule has 0 aliphatic carbocycles. The van der Waals surface area contributed by atoms with E-state index in [1.165, 1.54) is 5.56 Å². The van der Waals surface area contributed by atoms with Crippen molar-refractivity contribution in [2.24, 2.45) is 0 Å². The van der Waals surface area contributed by atoms with Gasteiger partial charge in [0.05, 0.1) is 11.6 Å². The van der Waals surface area contributed by atoms with Gasteiger partial charge in [-0.15, -0.1) is 0 Å². The number of carbonyl (C=O) groups excluding carboxylic acids is 1. The fraction of sp³-hybridized carbons (Fsp3) is 0.250. The van der Waals surface area contributed by atoms with Gasteiger partial charge in [-0.05, 0) is 50.2 Å². The van der Waals surface area contributed by atoms with Crippen molar-refractivity contribution in [3.63, 3.8) is 0 Å². The summed E-state index contributed by atoms with van der Waals surface area (Å²) >= 11 is 0. The summed E-state index contributed by atoms with van der Waals surface area (Å²) < 4.78 is 0. The van der Waals surface area contributed by atoms with Crippen LogP contribution < -0.4 is 10.2 Å². The lowest BCUT2D eigenvalue weighted by Crippen LogP contribution is -2.49. The van der Waals surface area contributed by atoms with Crippen molar-refractivity contribution in [2.45, 2.75) is 13.8 Å². The van der Waals surface area contributed by atoms with Crippen molar-refractivity contribution in [1.82, 2.24) is 14.9 Å². The first kappa shape index (κ1) is 20.4. The molecule has 1 N–H and O–H groups in total. The Labute approximate surface area is 182 Å². The molecule has 31 heavy (non-hydrogen) atoms. The van der Waals surface area contributed by atoms with Gasteiger partial charge in [0, 0.05) is 43.5 Å². The molecule has 3 aromatic rings. The Morgan fingerprint density at radius 3 is 2.29 bits per heavy atom. The third-order valence-electron chi connectivity index (χ3n) is 5.30. The fourth-order valence-electron chi connectivity index (χ4n) is 3.57. The lowest BCUT2D eigenvalue weighted by Gasteiger charge is -2.35. The standard InChI is InChI=1S/C24H24N6O/c1-17-3-9-21(10-4-17)28-22-15-23(27-18(2)26-22)29-11-13-30(14-12-29)24(31)20-7-5-19(16-25)6-8-20/h3-10,15H,11-14H2,1-2H3,(H,26,27,28).